The lowest BCUT2D eigenvalue weighted by Crippen LogP contribution is -2.54. The molecule has 6 heteroatoms. The average molecular weight is 342 g/mol. The van der Waals surface area contributed by atoms with Gasteiger partial charge in [0.15, 0.2) is 0 Å². The number of fused-ring (bicyclic) bond motifs is 1. The molecule has 6 nitrogen and oxygen atoms in total. The highest BCUT2D eigenvalue weighted by Crippen LogP contribution is 2.41. The van der Waals surface area contributed by atoms with Crippen molar-refractivity contribution in [2.75, 3.05) is 33.4 Å². The summed E-state index contributed by atoms with van der Waals surface area (Å²) in [6, 6.07) is 4.13. The average Bonchev–Trinajstić information content (AvgIpc) is 2.87. The molecular weight excluding hydrogens is 316 g/mol. The smallest absolute Gasteiger partial charge is 0.227 e. The van der Waals surface area contributed by atoms with Gasteiger partial charge in [0.05, 0.1) is 36.4 Å². The summed E-state index contributed by atoms with van der Waals surface area (Å²) in [5.74, 6) is 0.907. The Morgan fingerprint density at radius 2 is 2.28 bits per heavy atom. The van der Waals surface area contributed by atoms with Gasteiger partial charge in [0.1, 0.15) is 5.82 Å². The standard InChI is InChI=1S/C19H26N4O2/c1-14-5-3-8-23-16(14)11-20-18(23)19(6-4-7-19)21-17(24)15-12-22(2)9-10-25-13-15/h3,5,8,11,15H,4,6-7,9-10,12-13H2,1-2H3,(H,21,24). The maximum Gasteiger partial charge on any atom is 0.227 e. The Labute approximate surface area is 148 Å². The third kappa shape index (κ3) is 2.93. The number of aromatic nitrogens is 2. The van der Waals surface area contributed by atoms with E-state index in [-0.39, 0.29) is 17.4 Å². The molecule has 1 atom stereocenters. The largest absolute Gasteiger partial charge is 0.379 e. The van der Waals surface area contributed by atoms with Crippen LogP contribution in [0.15, 0.2) is 24.5 Å². The zero-order valence-electron chi connectivity index (χ0n) is 15.0. The third-order valence-corrected chi connectivity index (χ3v) is 5.62. The molecule has 1 aliphatic heterocycles. The first kappa shape index (κ1) is 16.5. The van der Waals surface area contributed by atoms with Crippen LogP contribution < -0.4 is 5.32 Å². The van der Waals surface area contributed by atoms with Gasteiger partial charge < -0.3 is 19.4 Å². The van der Waals surface area contributed by atoms with E-state index >= 15 is 0 Å². The molecule has 1 amide bonds. The van der Waals surface area contributed by atoms with Crippen LogP contribution in [0, 0.1) is 12.8 Å². The van der Waals surface area contributed by atoms with Crippen LogP contribution in [-0.2, 0) is 15.1 Å². The number of carbonyl (C=O) groups is 1. The second-order valence-electron chi connectivity index (χ2n) is 7.49. The van der Waals surface area contributed by atoms with Crippen molar-refractivity contribution in [3.63, 3.8) is 0 Å². The first-order chi connectivity index (χ1) is 12.1. The minimum absolute atomic E-state index is 0.0813. The molecule has 1 saturated carbocycles. The monoisotopic (exact) mass is 342 g/mol. The highest BCUT2D eigenvalue weighted by molar-refractivity contribution is 5.80. The van der Waals surface area contributed by atoms with Crippen LogP contribution in [0.1, 0.15) is 30.7 Å². The Kier molecular flexibility index (Phi) is 4.25. The molecule has 2 aliphatic rings. The number of carbonyl (C=O) groups excluding carboxylic acids is 1. The Morgan fingerprint density at radius 1 is 1.44 bits per heavy atom. The number of amides is 1. The molecule has 0 aromatic carbocycles. The highest BCUT2D eigenvalue weighted by Gasteiger charge is 2.44. The van der Waals surface area contributed by atoms with E-state index in [9.17, 15) is 4.79 Å². The van der Waals surface area contributed by atoms with E-state index in [0.29, 0.717) is 13.2 Å². The van der Waals surface area contributed by atoms with Gasteiger partial charge in [-0.15, -0.1) is 0 Å². The minimum atomic E-state index is -0.345. The molecule has 25 heavy (non-hydrogen) atoms. The van der Waals surface area contributed by atoms with Gasteiger partial charge in [0.25, 0.3) is 0 Å². The van der Waals surface area contributed by atoms with Gasteiger partial charge in [-0.3, -0.25) is 4.79 Å². The van der Waals surface area contributed by atoms with Gasteiger partial charge in [-0.2, -0.15) is 0 Å². The van der Waals surface area contributed by atoms with Gasteiger partial charge in [0, 0.05) is 19.3 Å². The summed E-state index contributed by atoms with van der Waals surface area (Å²) in [7, 11) is 2.04. The first-order valence-electron chi connectivity index (χ1n) is 9.10. The zero-order valence-corrected chi connectivity index (χ0v) is 15.0. The van der Waals surface area contributed by atoms with Crippen LogP contribution >= 0.6 is 0 Å². The predicted molar refractivity (Wildman–Crippen MR) is 95.4 cm³/mol. The number of hydrogen-bond acceptors (Lipinski definition) is 4. The molecule has 0 radical (unpaired) electrons. The fraction of sp³-hybridized carbons (Fsp3) is 0.579. The summed E-state index contributed by atoms with van der Waals surface area (Å²) >= 11 is 0. The number of rotatable bonds is 3. The van der Waals surface area contributed by atoms with Crippen LogP contribution in [0.2, 0.25) is 0 Å². The summed E-state index contributed by atoms with van der Waals surface area (Å²) in [6.45, 7) is 4.89. The van der Waals surface area contributed by atoms with E-state index in [0.717, 1.165) is 43.7 Å². The number of pyridine rings is 1. The van der Waals surface area contributed by atoms with E-state index in [1.165, 1.54) is 5.56 Å². The van der Waals surface area contributed by atoms with Gasteiger partial charge >= 0.3 is 0 Å². The second kappa shape index (κ2) is 6.42. The van der Waals surface area contributed by atoms with Crippen LogP contribution in [0.5, 0.6) is 0 Å². The van der Waals surface area contributed by atoms with Crippen LogP contribution in [0.4, 0.5) is 0 Å². The van der Waals surface area contributed by atoms with Gasteiger partial charge in [-0.25, -0.2) is 4.98 Å². The van der Waals surface area contributed by atoms with Crippen molar-refractivity contribution < 1.29 is 9.53 Å². The lowest BCUT2D eigenvalue weighted by Gasteiger charge is -2.42. The first-order valence-corrected chi connectivity index (χ1v) is 9.10. The number of ether oxygens (including phenoxy) is 1. The van der Waals surface area contributed by atoms with E-state index < -0.39 is 0 Å². The molecule has 1 saturated heterocycles. The summed E-state index contributed by atoms with van der Waals surface area (Å²) in [5.41, 5.74) is 1.96. The Morgan fingerprint density at radius 3 is 3.04 bits per heavy atom. The minimum Gasteiger partial charge on any atom is -0.379 e. The quantitative estimate of drug-likeness (QED) is 0.923. The van der Waals surface area contributed by atoms with Crippen molar-refractivity contribution >= 4 is 11.4 Å². The summed E-state index contributed by atoms with van der Waals surface area (Å²) in [5, 5.41) is 3.33. The van der Waals surface area contributed by atoms with E-state index in [1.54, 1.807) is 0 Å². The van der Waals surface area contributed by atoms with Crippen molar-refractivity contribution in [2.45, 2.75) is 31.7 Å². The Hall–Kier alpha value is -1.92. The summed E-state index contributed by atoms with van der Waals surface area (Å²) in [4.78, 5) is 19.8. The molecule has 2 aromatic heterocycles. The lowest BCUT2D eigenvalue weighted by molar-refractivity contribution is -0.130. The molecule has 2 fully saturated rings. The van der Waals surface area contributed by atoms with Crippen LogP contribution in [-0.4, -0.2) is 53.5 Å². The molecule has 1 N–H and O–H groups in total. The molecule has 2 aromatic rings. The number of aryl methyl sites for hydroxylation is 1. The summed E-state index contributed by atoms with van der Waals surface area (Å²) in [6.07, 6.45) is 6.95. The molecule has 4 rings (SSSR count). The highest BCUT2D eigenvalue weighted by atomic mass is 16.5. The maximum absolute atomic E-state index is 12.9. The number of imidazole rings is 1. The van der Waals surface area contributed by atoms with Crippen LogP contribution in [0.3, 0.4) is 0 Å². The fourth-order valence-corrected chi connectivity index (χ4v) is 3.91. The van der Waals surface area contributed by atoms with Crippen molar-refractivity contribution in [2.24, 2.45) is 5.92 Å². The number of hydrogen-bond donors (Lipinski definition) is 1. The lowest BCUT2D eigenvalue weighted by atomic mass is 9.75. The molecule has 1 unspecified atom stereocenters. The van der Waals surface area contributed by atoms with Crippen molar-refractivity contribution in [1.29, 1.82) is 0 Å². The maximum atomic E-state index is 12.9. The third-order valence-electron chi connectivity index (χ3n) is 5.62. The van der Waals surface area contributed by atoms with Crippen LogP contribution in [0.25, 0.3) is 5.52 Å². The molecule has 3 heterocycles. The van der Waals surface area contributed by atoms with Crippen molar-refractivity contribution in [3.05, 3.63) is 35.9 Å². The SMILES string of the molecule is Cc1cccn2c(C3(NC(=O)C4COCCN(C)C4)CCC3)ncc12. The normalized spacial score (nSPS) is 23.8. The van der Waals surface area contributed by atoms with E-state index in [2.05, 4.69) is 32.6 Å². The summed E-state index contributed by atoms with van der Waals surface area (Å²) < 4.78 is 7.75. The Balaban J connectivity index is 1.60. The second-order valence-corrected chi connectivity index (χ2v) is 7.49. The van der Waals surface area contributed by atoms with Gasteiger partial charge in [-0.05, 0) is 44.9 Å². The van der Waals surface area contributed by atoms with E-state index in [4.69, 9.17) is 4.74 Å². The predicted octanol–water partition coefficient (Wildman–Crippen LogP) is 1.72. The number of nitrogens with zero attached hydrogens (tertiary/aromatic N) is 3. The van der Waals surface area contributed by atoms with Crippen molar-refractivity contribution in [1.82, 2.24) is 19.6 Å². The fourth-order valence-electron chi connectivity index (χ4n) is 3.91. The number of nitrogens with one attached hydrogen (secondary N) is 1. The van der Waals surface area contributed by atoms with Gasteiger partial charge in [0.2, 0.25) is 5.91 Å². The molecule has 1 aliphatic carbocycles. The molecule has 0 spiro atoms. The van der Waals surface area contributed by atoms with E-state index in [1.807, 2.05) is 25.5 Å². The molecule has 134 valence electrons. The molecule has 0 bridgehead atoms. The topological polar surface area (TPSA) is 58.9 Å². The van der Waals surface area contributed by atoms with Gasteiger partial charge in [-0.1, -0.05) is 6.07 Å². The number of likely N-dealkylation sites (N-methyl/N-ethyl adjacent to an activating group) is 1. The molecular formula is C19H26N4O2. The zero-order chi connectivity index (χ0) is 17.4. The Bertz CT molecular complexity index is 781. The van der Waals surface area contributed by atoms with Crippen molar-refractivity contribution in [3.8, 4) is 0 Å².